The maximum Gasteiger partial charge on any atom is 0.326 e. The molecule has 1 heterocycles. The number of aliphatic carboxylic acids is 1. The van der Waals surface area contributed by atoms with E-state index < -0.39 is 47.9 Å². The van der Waals surface area contributed by atoms with E-state index in [9.17, 15) is 29.4 Å². The van der Waals surface area contributed by atoms with Gasteiger partial charge in [-0.25, -0.2) is 9.78 Å². The molecule has 0 aliphatic heterocycles. The molecular formula is C25H36N6O6S. The normalized spacial score (nSPS) is 14.2. The lowest BCUT2D eigenvalue weighted by molar-refractivity contribution is -0.142. The number of carboxylic acid groups (broad SMARTS) is 1. The number of aromatic amines is 1. The number of carbonyl (C=O) groups is 4. The van der Waals surface area contributed by atoms with Crippen molar-refractivity contribution in [3.8, 4) is 5.75 Å². The molecule has 0 fully saturated rings. The zero-order valence-corrected chi connectivity index (χ0v) is 22.5. The number of nitrogens with one attached hydrogen (secondary N) is 4. The number of aromatic hydroxyl groups is 1. The van der Waals surface area contributed by atoms with Crippen LogP contribution in [0.15, 0.2) is 36.8 Å². The molecule has 0 spiro atoms. The summed E-state index contributed by atoms with van der Waals surface area (Å²) >= 11 is 1.45. The van der Waals surface area contributed by atoms with Crippen molar-refractivity contribution in [1.29, 1.82) is 0 Å². The smallest absolute Gasteiger partial charge is 0.326 e. The Bertz CT molecular complexity index is 1060. The first-order valence-corrected chi connectivity index (χ1v) is 13.5. The molecule has 0 saturated heterocycles. The number of nitrogens with zero attached hydrogens (tertiary/aromatic N) is 1. The number of H-pyrrole nitrogens is 1. The lowest BCUT2D eigenvalue weighted by Gasteiger charge is -2.27. The van der Waals surface area contributed by atoms with Crippen molar-refractivity contribution >= 4 is 35.5 Å². The maximum absolute atomic E-state index is 13.3. The van der Waals surface area contributed by atoms with Crippen molar-refractivity contribution in [2.24, 2.45) is 11.7 Å². The third-order valence-corrected chi connectivity index (χ3v) is 6.46. The van der Waals surface area contributed by atoms with Crippen LogP contribution in [0.1, 0.15) is 31.5 Å². The van der Waals surface area contributed by atoms with Crippen LogP contribution >= 0.6 is 11.8 Å². The van der Waals surface area contributed by atoms with Gasteiger partial charge in [0, 0.05) is 24.7 Å². The average Bonchev–Trinajstić information content (AvgIpc) is 3.38. The molecule has 3 amide bonds. The second-order valence-corrected chi connectivity index (χ2v) is 10.2. The number of hydrogen-bond acceptors (Lipinski definition) is 8. The van der Waals surface area contributed by atoms with Crippen molar-refractivity contribution < 1.29 is 29.4 Å². The summed E-state index contributed by atoms with van der Waals surface area (Å²) in [4.78, 5) is 57.6. The van der Waals surface area contributed by atoms with Gasteiger partial charge < -0.3 is 36.9 Å². The molecule has 2 aromatic rings. The molecule has 13 heteroatoms. The molecule has 0 saturated carbocycles. The van der Waals surface area contributed by atoms with Crippen molar-refractivity contribution in [2.45, 2.75) is 57.3 Å². The summed E-state index contributed by atoms with van der Waals surface area (Å²) in [5, 5.41) is 26.9. The van der Waals surface area contributed by atoms with E-state index in [-0.39, 0.29) is 30.9 Å². The minimum absolute atomic E-state index is 0.0326. The van der Waals surface area contributed by atoms with Gasteiger partial charge in [0.15, 0.2) is 0 Å². The Kier molecular flexibility index (Phi) is 12.1. The quantitative estimate of drug-likeness (QED) is 0.162. The van der Waals surface area contributed by atoms with Gasteiger partial charge in [0.2, 0.25) is 17.7 Å². The number of thioether (sulfide) groups is 1. The van der Waals surface area contributed by atoms with Crippen LogP contribution in [-0.4, -0.2) is 80.0 Å². The second-order valence-electron chi connectivity index (χ2n) is 9.23. The van der Waals surface area contributed by atoms with Crippen LogP contribution < -0.4 is 21.7 Å². The summed E-state index contributed by atoms with van der Waals surface area (Å²) in [6.45, 7) is 3.48. The van der Waals surface area contributed by atoms with Gasteiger partial charge in [-0.2, -0.15) is 11.8 Å². The maximum atomic E-state index is 13.3. The van der Waals surface area contributed by atoms with E-state index in [0.717, 1.165) is 0 Å². The fourth-order valence-corrected chi connectivity index (χ4v) is 4.10. The number of phenolic OH excluding ortho intramolecular Hbond substituents is 1. The van der Waals surface area contributed by atoms with Crippen LogP contribution in [0.2, 0.25) is 0 Å². The Morgan fingerprint density at radius 1 is 1.00 bits per heavy atom. The first-order valence-electron chi connectivity index (χ1n) is 12.1. The van der Waals surface area contributed by atoms with Crippen LogP contribution in [0.25, 0.3) is 0 Å². The number of carboxylic acids is 1. The molecule has 0 aliphatic carbocycles. The zero-order chi connectivity index (χ0) is 28.2. The predicted octanol–water partition coefficient (Wildman–Crippen LogP) is 0.176. The van der Waals surface area contributed by atoms with E-state index in [2.05, 4.69) is 25.9 Å². The minimum Gasteiger partial charge on any atom is -0.508 e. The summed E-state index contributed by atoms with van der Waals surface area (Å²) in [6, 6.07) is 1.88. The van der Waals surface area contributed by atoms with Crippen molar-refractivity contribution in [3.63, 3.8) is 0 Å². The number of imidazole rings is 1. The van der Waals surface area contributed by atoms with Crippen molar-refractivity contribution in [1.82, 2.24) is 25.9 Å². The standard InChI is InChI=1S/C25H36N6O6S/c1-14(2)21(31-22(33)18(26)11-16-12-27-13-28-16)24(35)30-20(10-15-4-6-17(32)7-5-15)23(34)29-19(25(36)37)8-9-38-3/h4-7,12-14,18-21,32H,8-11,26H2,1-3H3,(H,27,28)(H,29,34)(H,30,35)(H,31,33)(H,36,37). The Labute approximate surface area is 225 Å². The van der Waals surface area contributed by atoms with Crippen LogP contribution in [-0.2, 0) is 32.0 Å². The average molecular weight is 549 g/mol. The topological polar surface area (TPSA) is 200 Å². The first kappa shape index (κ1) is 30.6. The molecule has 0 radical (unpaired) electrons. The van der Waals surface area contributed by atoms with Crippen LogP contribution in [0.5, 0.6) is 5.75 Å². The third kappa shape index (κ3) is 9.71. The molecule has 4 atom stereocenters. The van der Waals surface area contributed by atoms with Gasteiger partial charge in [0.05, 0.1) is 12.4 Å². The van der Waals surface area contributed by atoms with Gasteiger partial charge in [-0.3, -0.25) is 14.4 Å². The Balaban J connectivity index is 2.18. The molecule has 12 nitrogen and oxygen atoms in total. The SMILES string of the molecule is CSCCC(NC(=O)C(Cc1ccc(O)cc1)NC(=O)C(NC(=O)C(N)Cc1cnc[nH]1)C(C)C)C(=O)O. The summed E-state index contributed by atoms with van der Waals surface area (Å²) in [5.41, 5.74) is 7.31. The van der Waals surface area contributed by atoms with E-state index in [0.29, 0.717) is 17.0 Å². The fourth-order valence-electron chi connectivity index (χ4n) is 3.63. The molecule has 4 unspecified atom stereocenters. The van der Waals surface area contributed by atoms with Gasteiger partial charge in [-0.15, -0.1) is 0 Å². The second kappa shape index (κ2) is 15.0. The number of benzene rings is 1. The minimum atomic E-state index is -1.18. The summed E-state index contributed by atoms with van der Waals surface area (Å²) in [5.74, 6) is -2.80. The largest absolute Gasteiger partial charge is 0.508 e. The van der Waals surface area contributed by atoms with E-state index in [4.69, 9.17) is 5.73 Å². The molecule has 0 bridgehead atoms. The molecule has 2 rings (SSSR count). The Hall–Kier alpha value is -3.58. The van der Waals surface area contributed by atoms with E-state index in [1.807, 2.05) is 6.26 Å². The predicted molar refractivity (Wildman–Crippen MR) is 143 cm³/mol. The van der Waals surface area contributed by atoms with Crippen LogP contribution in [0.4, 0.5) is 0 Å². The molecule has 1 aromatic carbocycles. The highest BCUT2D eigenvalue weighted by molar-refractivity contribution is 7.98. The fraction of sp³-hybridized carbons (Fsp3) is 0.480. The van der Waals surface area contributed by atoms with E-state index >= 15 is 0 Å². The van der Waals surface area contributed by atoms with Gasteiger partial charge in [0.1, 0.15) is 23.9 Å². The van der Waals surface area contributed by atoms with Crippen molar-refractivity contribution in [2.75, 3.05) is 12.0 Å². The lowest BCUT2D eigenvalue weighted by Crippen LogP contribution is -2.59. The molecular weight excluding hydrogens is 512 g/mol. The number of hydrogen-bond donors (Lipinski definition) is 7. The van der Waals surface area contributed by atoms with Gasteiger partial charge in [-0.1, -0.05) is 26.0 Å². The third-order valence-electron chi connectivity index (χ3n) is 5.81. The van der Waals surface area contributed by atoms with Crippen molar-refractivity contribution in [3.05, 3.63) is 48.0 Å². The van der Waals surface area contributed by atoms with Gasteiger partial charge in [0.25, 0.3) is 0 Å². The molecule has 38 heavy (non-hydrogen) atoms. The highest BCUT2D eigenvalue weighted by Gasteiger charge is 2.32. The highest BCUT2D eigenvalue weighted by atomic mass is 32.2. The molecule has 1 aromatic heterocycles. The summed E-state index contributed by atoms with van der Waals surface area (Å²) < 4.78 is 0. The number of carbonyl (C=O) groups excluding carboxylic acids is 3. The number of rotatable bonds is 15. The summed E-state index contributed by atoms with van der Waals surface area (Å²) in [6.07, 6.45) is 5.29. The van der Waals surface area contributed by atoms with E-state index in [1.54, 1.807) is 32.2 Å². The van der Waals surface area contributed by atoms with Crippen LogP contribution in [0.3, 0.4) is 0 Å². The Morgan fingerprint density at radius 2 is 1.66 bits per heavy atom. The van der Waals surface area contributed by atoms with Gasteiger partial charge >= 0.3 is 5.97 Å². The Morgan fingerprint density at radius 3 is 2.21 bits per heavy atom. The summed E-state index contributed by atoms with van der Waals surface area (Å²) in [7, 11) is 0. The number of phenols is 1. The lowest BCUT2D eigenvalue weighted by atomic mass is 10.00. The zero-order valence-electron chi connectivity index (χ0n) is 21.6. The van der Waals surface area contributed by atoms with E-state index in [1.165, 1.54) is 30.2 Å². The highest BCUT2D eigenvalue weighted by Crippen LogP contribution is 2.13. The number of aromatic nitrogens is 2. The number of amides is 3. The molecule has 8 N–H and O–H groups in total. The monoisotopic (exact) mass is 548 g/mol. The number of nitrogens with two attached hydrogens (primary N) is 1. The molecule has 208 valence electrons. The van der Waals surface area contributed by atoms with Crippen LogP contribution in [0, 0.1) is 5.92 Å². The molecule has 0 aliphatic rings. The van der Waals surface area contributed by atoms with Gasteiger partial charge in [-0.05, 0) is 42.0 Å². The first-order chi connectivity index (χ1) is 18.0.